The molecule has 11 aromatic rings. The molecule has 0 saturated heterocycles. The molecule has 66 heavy (non-hydrogen) atoms. The van der Waals surface area contributed by atoms with E-state index in [4.69, 9.17) is 8.83 Å². The first-order chi connectivity index (χ1) is 32.0. The zero-order valence-corrected chi connectivity index (χ0v) is 39.2. The Morgan fingerprint density at radius 2 is 0.712 bits per heavy atom. The number of para-hydroxylation sites is 4. The van der Waals surface area contributed by atoms with E-state index in [0.717, 1.165) is 71.4 Å². The lowest BCUT2D eigenvalue weighted by Gasteiger charge is -2.31. The Kier molecular flexibility index (Phi) is 10.2. The van der Waals surface area contributed by atoms with Gasteiger partial charge in [0.1, 0.15) is 22.3 Å². The first kappa shape index (κ1) is 41.4. The number of anilines is 6. The number of nitrogens with zero attached hydrogens (tertiary/aromatic N) is 2. The molecule has 0 aliphatic heterocycles. The molecule has 2 heterocycles. The van der Waals surface area contributed by atoms with Crippen LogP contribution < -0.4 is 9.80 Å². The highest BCUT2D eigenvalue weighted by Gasteiger charge is 2.24. The fraction of sp³-hybridized carbons (Fsp3) is 0.194. The summed E-state index contributed by atoms with van der Waals surface area (Å²) in [6.07, 6.45) is 0. The average Bonchev–Trinajstić information content (AvgIpc) is 3.87. The van der Waals surface area contributed by atoms with Crippen LogP contribution in [0.15, 0.2) is 179 Å². The molecule has 326 valence electrons. The van der Waals surface area contributed by atoms with E-state index in [-0.39, 0.29) is 0 Å². The standard InChI is InChI=1S/C62H56N2O2/c1-37(2)47-17-9-13-21-54(47)63(55-22-14-10-18-48(55)38(3)4)45-27-25-41-33-52-51-29-30-58-61(62(51)66-59(52)35-43(41)31-45)53-34-42-26-28-46(32-44(42)36-60(53)65-58)64(56-23-15-11-19-49(56)39(5)6)57-24-16-12-20-50(57)40(7)8/h9-40H,1-8H3. The molecule has 4 nitrogen and oxygen atoms in total. The first-order valence-electron chi connectivity index (χ1n) is 23.7. The van der Waals surface area contributed by atoms with Crippen LogP contribution in [-0.4, -0.2) is 0 Å². The van der Waals surface area contributed by atoms with E-state index in [2.05, 4.69) is 235 Å². The van der Waals surface area contributed by atoms with Crippen LogP contribution in [0.2, 0.25) is 0 Å². The largest absolute Gasteiger partial charge is 0.456 e. The third-order valence-electron chi connectivity index (χ3n) is 13.7. The topological polar surface area (TPSA) is 32.8 Å². The van der Waals surface area contributed by atoms with Crippen LogP contribution in [0.5, 0.6) is 0 Å². The van der Waals surface area contributed by atoms with Gasteiger partial charge in [-0.05, 0) is 152 Å². The van der Waals surface area contributed by atoms with Gasteiger partial charge in [-0.1, -0.05) is 140 Å². The molecule has 0 bridgehead atoms. The molecule has 0 fully saturated rings. The quantitative estimate of drug-likeness (QED) is 0.137. The molecule has 0 saturated carbocycles. The van der Waals surface area contributed by atoms with Crippen molar-refractivity contribution in [1.82, 2.24) is 0 Å². The van der Waals surface area contributed by atoms with Crippen LogP contribution in [0.4, 0.5) is 34.1 Å². The molecule has 2 aromatic heterocycles. The second kappa shape index (κ2) is 16.3. The average molecular weight is 861 g/mol. The van der Waals surface area contributed by atoms with Gasteiger partial charge < -0.3 is 18.6 Å². The molecular formula is C62H56N2O2. The normalized spacial score (nSPS) is 12.2. The summed E-state index contributed by atoms with van der Waals surface area (Å²) in [7, 11) is 0. The van der Waals surface area contributed by atoms with Gasteiger partial charge in [0.25, 0.3) is 0 Å². The molecule has 0 N–H and O–H groups in total. The number of hydrogen-bond acceptors (Lipinski definition) is 4. The Morgan fingerprint density at radius 1 is 0.318 bits per heavy atom. The highest BCUT2D eigenvalue weighted by Crippen LogP contribution is 2.47. The van der Waals surface area contributed by atoms with Crippen molar-refractivity contribution in [2.75, 3.05) is 9.80 Å². The van der Waals surface area contributed by atoms with Crippen molar-refractivity contribution in [1.29, 1.82) is 0 Å². The van der Waals surface area contributed by atoms with Crippen LogP contribution in [0, 0.1) is 0 Å². The van der Waals surface area contributed by atoms with E-state index in [0.29, 0.717) is 23.7 Å². The van der Waals surface area contributed by atoms with Crippen molar-refractivity contribution < 1.29 is 8.83 Å². The third kappa shape index (κ3) is 6.90. The van der Waals surface area contributed by atoms with Crippen LogP contribution in [0.3, 0.4) is 0 Å². The van der Waals surface area contributed by atoms with Gasteiger partial charge in [0.2, 0.25) is 0 Å². The van der Waals surface area contributed by atoms with Crippen LogP contribution in [-0.2, 0) is 0 Å². The van der Waals surface area contributed by atoms with Crippen LogP contribution in [0.25, 0.3) is 65.4 Å². The van der Waals surface area contributed by atoms with Gasteiger partial charge >= 0.3 is 0 Å². The SMILES string of the molecule is CC(C)c1ccccc1N(c1ccc2cc3c(cc2c1)oc1c3ccc2oc3cc4cc(N(c5ccccc5C(C)C)c5ccccc5C(C)C)ccc4cc3c21)c1ccccc1C(C)C. The minimum atomic E-state index is 0.359. The molecule has 9 aromatic carbocycles. The molecule has 0 aliphatic rings. The van der Waals surface area contributed by atoms with Gasteiger partial charge in [0.15, 0.2) is 0 Å². The maximum absolute atomic E-state index is 6.95. The minimum absolute atomic E-state index is 0.359. The molecule has 0 amide bonds. The summed E-state index contributed by atoms with van der Waals surface area (Å²) in [6, 6.07) is 62.3. The first-order valence-corrected chi connectivity index (χ1v) is 23.7. The molecule has 0 spiro atoms. The molecule has 0 unspecified atom stereocenters. The Morgan fingerprint density at radius 3 is 1.14 bits per heavy atom. The lowest BCUT2D eigenvalue weighted by molar-refractivity contribution is 0.663. The van der Waals surface area contributed by atoms with Gasteiger partial charge in [0, 0.05) is 50.3 Å². The van der Waals surface area contributed by atoms with Crippen molar-refractivity contribution >= 4 is 99.5 Å². The number of hydrogen-bond donors (Lipinski definition) is 0. The molecule has 0 aliphatic carbocycles. The number of fused-ring (bicyclic) bond motifs is 9. The molecular weight excluding hydrogens is 805 g/mol. The summed E-state index contributed by atoms with van der Waals surface area (Å²) in [5.41, 5.74) is 15.7. The summed E-state index contributed by atoms with van der Waals surface area (Å²) in [4.78, 5) is 4.90. The van der Waals surface area contributed by atoms with Crippen molar-refractivity contribution in [3.05, 3.63) is 192 Å². The second-order valence-electron chi connectivity index (χ2n) is 19.3. The lowest BCUT2D eigenvalue weighted by atomic mass is 9.96. The van der Waals surface area contributed by atoms with E-state index in [1.54, 1.807) is 0 Å². The summed E-state index contributed by atoms with van der Waals surface area (Å²) in [6.45, 7) is 18.2. The van der Waals surface area contributed by atoms with Gasteiger partial charge in [-0.25, -0.2) is 0 Å². The maximum Gasteiger partial charge on any atom is 0.147 e. The van der Waals surface area contributed by atoms with Crippen LogP contribution in [0.1, 0.15) is 101 Å². The van der Waals surface area contributed by atoms with E-state index < -0.39 is 0 Å². The zero-order valence-electron chi connectivity index (χ0n) is 39.2. The van der Waals surface area contributed by atoms with Gasteiger partial charge in [0.05, 0.1) is 5.39 Å². The third-order valence-corrected chi connectivity index (χ3v) is 13.7. The smallest absolute Gasteiger partial charge is 0.147 e. The van der Waals surface area contributed by atoms with Crippen molar-refractivity contribution in [2.45, 2.75) is 79.1 Å². The Hall–Kier alpha value is -7.30. The summed E-state index contributed by atoms with van der Waals surface area (Å²) in [5.74, 6) is 1.44. The van der Waals surface area contributed by atoms with E-state index in [1.165, 1.54) is 50.4 Å². The number of benzene rings is 9. The van der Waals surface area contributed by atoms with Gasteiger partial charge in [-0.15, -0.1) is 0 Å². The van der Waals surface area contributed by atoms with Gasteiger partial charge in [-0.3, -0.25) is 0 Å². The fourth-order valence-corrected chi connectivity index (χ4v) is 10.4. The molecule has 0 atom stereocenters. The highest BCUT2D eigenvalue weighted by atomic mass is 16.3. The number of rotatable bonds is 10. The molecule has 11 rings (SSSR count). The van der Waals surface area contributed by atoms with Crippen molar-refractivity contribution in [3.8, 4) is 0 Å². The Bertz CT molecular complexity index is 3540. The predicted molar refractivity (Wildman–Crippen MR) is 282 cm³/mol. The molecule has 0 radical (unpaired) electrons. The highest BCUT2D eigenvalue weighted by molar-refractivity contribution is 6.24. The van der Waals surface area contributed by atoms with E-state index in [9.17, 15) is 0 Å². The van der Waals surface area contributed by atoms with Crippen LogP contribution >= 0.6 is 0 Å². The summed E-state index contributed by atoms with van der Waals surface area (Å²) in [5, 5.41) is 8.82. The Labute approximate surface area is 387 Å². The van der Waals surface area contributed by atoms with Gasteiger partial charge in [-0.2, -0.15) is 0 Å². The predicted octanol–water partition coefficient (Wildman–Crippen LogP) is 19.2. The minimum Gasteiger partial charge on any atom is -0.456 e. The maximum atomic E-state index is 6.95. The fourth-order valence-electron chi connectivity index (χ4n) is 10.4. The Balaban J connectivity index is 1.05. The van der Waals surface area contributed by atoms with E-state index >= 15 is 0 Å². The van der Waals surface area contributed by atoms with Crippen molar-refractivity contribution in [3.63, 3.8) is 0 Å². The summed E-state index contributed by atoms with van der Waals surface area (Å²) >= 11 is 0. The monoisotopic (exact) mass is 860 g/mol. The lowest BCUT2D eigenvalue weighted by Crippen LogP contribution is -2.15. The molecule has 4 heteroatoms. The number of furan rings is 2. The summed E-state index contributed by atoms with van der Waals surface area (Å²) < 4.78 is 13.7. The van der Waals surface area contributed by atoms with Crippen molar-refractivity contribution in [2.24, 2.45) is 0 Å². The zero-order chi connectivity index (χ0) is 45.4. The second-order valence-corrected chi connectivity index (χ2v) is 19.3. The van der Waals surface area contributed by atoms with E-state index in [1.807, 2.05) is 0 Å².